The lowest BCUT2D eigenvalue weighted by molar-refractivity contribution is -0.151. The standard InChI is InChI=1S/C17H22O6/c1-8-12-10(20-9(2)18)7-17(4)11(22-17)5-6-16(3)14(23-16)13(12)21-15(8)19/h10-14H,1,5-7H2,2-4H3/t10-,11-,12-,13+,14?,16-,17-/m1/s1. The van der Waals surface area contributed by atoms with Gasteiger partial charge >= 0.3 is 11.9 Å². The third-order valence-corrected chi connectivity index (χ3v) is 5.76. The molecule has 0 aromatic carbocycles. The Morgan fingerprint density at radius 2 is 2.04 bits per heavy atom. The van der Waals surface area contributed by atoms with E-state index in [-0.39, 0.29) is 35.3 Å². The number of carbonyl (C=O) groups is 2. The van der Waals surface area contributed by atoms with Crippen molar-refractivity contribution in [3.63, 3.8) is 0 Å². The molecule has 0 N–H and O–H groups in total. The summed E-state index contributed by atoms with van der Waals surface area (Å²) in [5.41, 5.74) is -0.270. The lowest BCUT2D eigenvalue weighted by Crippen LogP contribution is -2.40. The summed E-state index contributed by atoms with van der Waals surface area (Å²) >= 11 is 0. The Hall–Kier alpha value is -1.40. The Bertz CT molecular complexity index is 600. The third-order valence-electron chi connectivity index (χ3n) is 5.76. The van der Waals surface area contributed by atoms with Gasteiger partial charge in [0.15, 0.2) is 0 Å². The van der Waals surface area contributed by atoms with E-state index in [0.29, 0.717) is 12.0 Å². The fourth-order valence-electron chi connectivity index (χ4n) is 4.27. The minimum absolute atomic E-state index is 0.144. The van der Waals surface area contributed by atoms with E-state index in [1.807, 2.05) is 13.8 Å². The summed E-state index contributed by atoms with van der Waals surface area (Å²) in [6.07, 6.45) is 1.34. The molecule has 4 rings (SSSR count). The van der Waals surface area contributed by atoms with Crippen LogP contribution in [-0.4, -0.2) is 47.6 Å². The first kappa shape index (κ1) is 15.1. The molecule has 6 heteroatoms. The smallest absolute Gasteiger partial charge is 0.334 e. The van der Waals surface area contributed by atoms with Crippen LogP contribution in [0.4, 0.5) is 0 Å². The summed E-state index contributed by atoms with van der Waals surface area (Å²) in [5, 5.41) is 0. The van der Waals surface area contributed by atoms with Crippen LogP contribution in [0.1, 0.15) is 40.0 Å². The molecular formula is C17H22O6. The van der Waals surface area contributed by atoms with Gasteiger partial charge in [-0.3, -0.25) is 4.79 Å². The van der Waals surface area contributed by atoms with Crippen LogP contribution in [0.25, 0.3) is 0 Å². The highest BCUT2D eigenvalue weighted by molar-refractivity contribution is 5.91. The highest BCUT2D eigenvalue weighted by Crippen LogP contribution is 2.54. The van der Waals surface area contributed by atoms with Gasteiger partial charge < -0.3 is 18.9 Å². The SMILES string of the molecule is C=C1C(=O)O[C@@H]2C3O[C@]3(C)CC[C@H]3O[C@]3(C)C[C@@H](OC(C)=O)[C@@H]12. The second-order valence-electron chi connectivity index (χ2n) is 7.58. The quantitative estimate of drug-likeness (QED) is 0.414. The minimum atomic E-state index is -0.488. The van der Waals surface area contributed by atoms with Crippen molar-refractivity contribution in [2.75, 3.05) is 0 Å². The van der Waals surface area contributed by atoms with Crippen molar-refractivity contribution < 1.29 is 28.5 Å². The number of rotatable bonds is 1. The molecular weight excluding hydrogens is 300 g/mol. The van der Waals surface area contributed by atoms with E-state index in [1.54, 1.807) is 0 Å². The third kappa shape index (κ3) is 2.31. The second kappa shape index (κ2) is 4.57. The zero-order valence-corrected chi connectivity index (χ0v) is 13.7. The molecule has 4 aliphatic rings. The zero-order valence-electron chi connectivity index (χ0n) is 13.7. The summed E-state index contributed by atoms with van der Waals surface area (Å²) < 4.78 is 22.8. The molecule has 1 aliphatic carbocycles. The van der Waals surface area contributed by atoms with E-state index >= 15 is 0 Å². The minimum Gasteiger partial charge on any atom is -0.462 e. The van der Waals surface area contributed by atoms with Crippen LogP contribution in [0, 0.1) is 5.92 Å². The number of hydrogen-bond acceptors (Lipinski definition) is 6. The topological polar surface area (TPSA) is 77.7 Å². The number of epoxide rings is 2. The molecule has 6 nitrogen and oxygen atoms in total. The largest absolute Gasteiger partial charge is 0.462 e. The van der Waals surface area contributed by atoms with Crippen molar-refractivity contribution in [2.24, 2.45) is 5.92 Å². The lowest BCUT2D eigenvalue weighted by Gasteiger charge is -2.28. The van der Waals surface area contributed by atoms with Crippen LogP contribution in [0.5, 0.6) is 0 Å². The average molecular weight is 322 g/mol. The molecule has 0 aromatic heterocycles. The maximum absolute atomic E-state index is 12.1. The molecule has 126 valence electrons. The number of fused-ring (bicyclic) bond motifs is 4. The molecule has 3 aliphatic heterocycles. The highest BCUT2D eigenvalue weighted by atomic mass is 16.7. The monoisotopic (exact) mass is 322 g/mol. The van der Waals surface area contributed by atoms with Crippen molar-refractivity contribution in [1.29, 1.82) is 0 Å². The first-order valence-electron chi connectivity index (χ1n) is 8.16. The maximum Gasteiger partial charge on any atom is 0.334 e. The Morgan fingerprint density at radius 3 is 2.74 bits per heavy atom. The van der Waals surface area contributed by atoms with Crippen LogP contribution < -0.4 is 0 Å². The predicted molar refractivity (Wildman–Crippen MR) is 78.5 cm³/mol. The lowest BCUT2D eigenvalue weighted by atomic mass is 9.79. The van der Waals surface area contributed by atoms with Gasteiger partial charge in [-0.25, -0.2) is 4.79 Å². The van der Waals surface area contributed by atoms with Gasteiger partial charge in [0.1, 0.15) is 18.3 Å². The van der Waals surface area contributed by atoms with Crippen molar-refractivity contribution in [2.45, 2.75) is 75.7 Å². The second-order valence-corrected chi connectivity index (χ2v) is 7.58. The molecule has 3 saturated heterocycles. The molecule has 4 fully saturated rings. The zero-order chi connectivity index (χ0) is 16.6. The van der Waals surface area contributed by atoms with E-state index in [1.165, 1.54) is 6.92 Å². The normalized spacial score (nSPS) is 51.0. The van der Waals surface area contributed by atoms with Gasteiger partial charge in [0, 0.05) is 18.9 Å². The Balaban J connectivity index is 1.69. The average Bonchev–Trinajstić information content (AvgIpc) is 3.27. The van der Waals surface area contributed by atoms with Crippen molar-refractivity contribution >= 4 is 11.9 Å². The van der Waals surface area contributed by atoms with Gasteiger partial charge in [0.25, 0.3) is 0 Å². The Kier molecular flexibility index (Phi) is 3.01. The number of esters is 2. The van der Waals surface area contributed by atoms with Crippen LogP contribution in [0.2, 0.25) is 0 Å². The molecule has 7 atom stereocenters. The maximum atomic E-state index is 12.1. The molecule has 0 amide bonds. The van der Waals surface area contributed by atoms with Crippen molar-refractivity contribution in [3.8, 4) is 0 Å². The molecule has 0 bridgehead atoms. The summed E-state index contributed by atoms with van der Waals surface area (Å²) in [6.45, 7) is 9.31. The van der Waals surface area contributed by atoms with E-state index in [2.05, 4.69) is 6.58 Å². The molecule has 0 radical (unpaired) electrons. The summed E-state index contributed by atoms with van der Waals surface area (Å²) in [7, 11) is 0. The predicted octanol–water partition coefficient (Wildman–Crippen LogP) is 1.51. The number of ether oxygens (including phenoxy) is 4. The van der Waals surface area contributed by atoms with E-state index in [0.717, 1.165) is 12.8 Å². The molecule has 1 unspecified atom stereocenters. The van der Waals surface area contributed by atoms with E-state index in [4.69, 9.17) is 18.9 Å². The van der Waals surface area contributed by atoms with Gasteiger partial charge in [0.2, 0.25) is 0 Å². The van der Waals surface area contributed by atoms with Gasteiger partial charge in [-0.05, 0) is 26.7 Å². The van der Waals surface area contributed by atoms with Gasteiger partial charge in [-0.15, -0.1) is 0 Å². The molecule has 23 heavy (non-hydrogen) atoms. The number of carbonyl (C=O) groups excluding carboxylic acids is 2. The fraction of sp³-hybridized carbons (Fsp3) is 0.765. The fourth-order valence-corrected chi connectivity index (χ4v) is 4.27. The van der Waals surface area contributed by atoms with Crippen LogP contribution in [-0.2, 0) is 28.5 Å². The first-order chi connectivity index (χ1) is 10.7. The molecule has 0 aromatic rings. The molecule has 3 heterocycles. The van der Waals surface area contributed by atoms with Gasteiger partial charge in [-0.1, -0.05) is 6.58 Å². The number of hydrogen-bond donors (Lipinski definition) is 0. The molecule has 1 saturated carbocycles. The van der Waals surface area contributed by atoms with Crippen LogP contribution >= 0.6 is 0 Å². The summed E-state index contributed by atoms with van der Waals surface area (Å²) in [4.78, 5) is 23.6. The Labute approximate surface area is 135 Å². The van der Waals surface area contributed by atoms with E-state index in [9.17, 15) is 9.59 Å². The highest BCUT2D eigenvalue weighted by Gasteiger charge is 2.66. The van der Waals surface area contributed by atoms with Crippen molar-refractivity contribution in [3.05, 3.63) is 12.2 Å². The van der Waals surface area contributed by atoms with E-state index < -0.39 is 18.2 Å². The van der Waals surface area contributed by atoms with Crippen LogP contribution in [0.15, 0.2) is 12.2 Å². The van der Waals surface area contributed by atoms with Crippen LogP contribution in [0.3, 0.4) is 0 Å². The summed E-state index contributed by atoms with van der Waals surface area (Å²) in [6, 6.07) is 0. The molecule has 0 spiro atoms. The first-order valence-corrected chi connectivity index (χ1v) is 8.16. The Morgan fingerprint density at radius 1 is 1.30 bits per heavy atom. The van der Waals surface area contributed by atoms with Gasteiger partial charge in [-0.2, -0.15) is 0 Å². The van der Waals surface area contributed by atoms with Crippen molar-refractivity contribution in [1.82, 2.24) is 0 Å². The summed E-state index contributed by atoms with van der Waals surface area (Å²) in [5.74, 6) is -1.18. The van der Waals surface area contributed by atoms with Gasteiger partial charge in [0.05, 0.1) is 23.2 Å².